The van der Waals surface area contributed by atoms with Crippen LogP contribution in [0.2, 0.25) is 0 Å². The molecule has 16 heavy (non-hydrogen) atoms. The first-order chi connectivity index (χ1) is 7.52. The molecule has 3 nitrogen and oxygen atoms in total. The third-order valence-corrected chi connectivity index (χ3v) is 2.16. The molecular weight excluding hydrogens is 286 g/mol. The molecule has 0 aliphatic carbocycles. The predicted molar refractivity (Wildman–Crippen MR) is 57.5 cm³/mol. The Morgan fingerprint density at radius 1 is 1.44 bits per heavy atom. The number of alkyl halides is 3. The third-order valence-electron chi connectivity index (χ3n) is 1.76. The maximum absolute atomic E-state index is 11.9. The number of phenolic OH excluding ortho intramolecular Hbond substituents is 1. The lowest BCUT2D eigenvalue weighted by Crippen LogP contribution is -2.04. The summed E-state index contributed by atoms with van der Waals surface area (Å²) in [5.74, 6) is -0.768. The molecule has 0 heterocycles. The van der Waals surface area contributed by atoms with Crippen molar-refractivity contribution in [2.24, 2.45) is 0 Å². The summed E-state index contributed by atoms with van der Waals surface area (Å²) < 4.78 is 28.0. The summed E-state index contributed by atoms with van der Waals surface area (Å²) in [5.41, 5.74) is 0.148. The Labute approximate surface area is 99.2 Å². The van der Waals surface area contributed by atoms with Crippen molar-refractivity contribution in [3.8, 4) is 11.5 Å². The van der Waals surface area contributed by atoms with Crippen LogP contribution in [0.4, 0.5) is 8.78 Å². The minimum atomic E-state index is -2.99. The van der Waals surface area contributed by atoms with Crippen LogP contribution in [0.5, 0.6) is 11.5 Å². The van der Waals surface area contributed by atoms with Gasteiger partial charge in [0.1, 0.15) is 11.5 Å². The van der Waals surface area contributed by atoms with Crippen molar-refractivity contribution in [2.45, 2.75) is 13.0 Å². The minimum Gasteiger partial charge on any atom is -0.508 e. The van der Waals surface area contributed by atoms with Crippen molar-refractivity contribution in [3.63, 3.8) is 0 Å². The molecule has 0 saturated carbocycles. The number of Topliss-reactive ketones (excluding diaryl/α,β-unsaturated/α-hetero) is 1. The van der Waals surface area contributed by atoms with Crippen LogP contribution in [0, 0.1) is 0 Å². The monoisotopic (exact) mass is 294 g/mol. The highest BCUT2D eigenvalue weighted by Crippen LogP contribution is 2.24. The second-order valence-electron chi connectivity index (χ2n) is 2.96. The van der Waals surface area contributed by atoms with E-state index in [9.17, 15) is 18.7 Å². The number of aromatic hydroxyl groups is 1. The molecule has 0 fully saturated rings. The molecule has 0 amide bonds. The summed E-state index contributed by atoms with van der Waals surface area (Å²) in [6, 6.07) is 3.41. The SMILES string of the molecule is O=C(CCBr)c1cc(O)cc(OC(F)F)c1. The van der Waals surface area contributed by atoms with Gasteiger partial charge in [0.25, 0.3) is 0 Å². The number of ketones is 1. The van der Waals surface area contributed by atoms with Crippen LogP contribution in [0.3, 0.4) is 0 Å². The Morgan fingerprint density at radius 3 is 2.69 bits per heavy atom. The van der Waals surface area contributed by atoms with Crippen LogP contribution < -0.4 is 4.74 Å². The zero-order valence-electron chi connectivity index (χ0n) is 8.12. The van der Waals surface area contributed by atoms with E-state index >= 15 is 0 Å². The van der Waals surface area contributed by atoms with Gasteiger partial charge in [0.15, 0.2) is 5.78 Å². The summed E-state index contributed by atoms with van der Waals surface area (Å²) in [4.78, 5) is 11.5. The first-order valence-corrected chi connectivity index (χ1v) is 5.53. The number of phenols is 1. The smallest absolute Gasteiger partial charge is 0.387 e. The minimum absolute atomic E-state index is 0.148. The van der Waals surface area contributed by atoms with Crippen molar-refractivity contribution in [3.05, 3.63) is 23.8 Å². The van der Waals surface area contributed by atoms with Gasteiger partial charge in [0.2, 0.25) is 0 Å². The summed E-state index contributed by atoms with van der Waals surface area (Å²) in [7, 11) is 0. The highest BCUT2D eigenvalue weighted by Gasteiger charge is 2.11. The highest BCUT2D eigenvalue weighted by molar-refractivity contribution is 9.09. The molecule has 0 radical (unpaired) electrons. The molecule has 0 unspecified atom stereocenters. The largest absolute Gasteiger partial charge is 0.508 e. The number of rotatable bonds is 5. The van der Waals surface area contributed by atoms with Crippen LogP contribution in [0.15, 0.2) is 18.2 Å². The second kappa shape index (κ2) is 5.79. The molecule has 1 aromatic rings. The molecule has 88 valence electrons. The Bertz CT molecular complexity index is 382. The number of carbonyl (C=O) groups excluding carboxylic acids is 1. The van der Waals surface area contributed by atoms with Crippen molar-refractivity contribution < 1.29 is 23.4 Å². The van der Waals surface area contributed by atoms with Gasteiger partial charge >= 0.3 is 6.61 Å². The molecule has 0 saturated heterocycles. The van der Waals surface area contributed by atoms with E-state index in [4.69, 9.17) is 0 Å². The van der Waals surface area contributed by atoms with Gasteiger partial charge in [-0.2, -0.15) is 8.78 Å². The summed E-state index contributed by atoms with van der Waals surface area (Å²) >= 11 is 3.09. The fourth-order valence-electron chi connectivity index (χ4n) is 1.15. The number of hydrogen-bond acceptors (Lipinski definition) is 3. The van der Waals surface area contributed by atoms with Gasteiger partial charge in [-0.05, 0) is 12.1 Å². The quantitative estimate of drug-likeness (QED) is 0.671. The highest BCUT2D eigenvalue weighted by atomic mass is 79.9. The van der Waals surface area contributed by atoms with Crippen LogP contribution in [-0.4, -0.2) is 22.8 Å². The lowest BCUT2D eigenvalue weighted by atomic mass is 10.1. The second-order valence-corrected chi connectivity index (χ2v) is 3.75. The van der Waals surface area contributed by atoms with E-state index in [2.05, 4.69) is 20.7 Å². The Kier molecular flexibility index (Phi) is 4.67. The van der Waals surface area contributed by atoms with E-state index in [1.807, 2.05) is 0 Å². The number of ether oxygens (including phenoxy) is 1. The van der Waals surface area contributed by atoms with Crippen molar-refractivity contribution in [2.75, 3.05) is 5.33 Å². The molecule has 0 bridgehead atoms. The summed E-state index contributed by atoms with van der Waals surface area (Å²) in [5, 5.41) is 9.70. The topological polar surface area (TPSA) is 46.5 Å². The number of benzene rings is 1. The Hall–Kier alpha value is -1.17. The van der Waals surface area contributed by atoms with Crippen molar-refractivity contribution in [1.82, 2.24) is 0 Å². The van der Waals surface area contributed by atoms with E-state index in [0.717, 1.165) is 6.07 Å². The molecular formula is C10H9BrF2O3. The molecule has 0 aliphatic rings. The molecule has 0 spiro atoms. The summed E-state index contributed by atoms with van der Waals surface area (Å²) in [6.45, 7) is -2.99. The van der Waals surface area contributed by atoms with Gasteiger partial charge in [0.05, 0.1) is 0 Å². The van der Waals surface area contributed by atoms with Gasteiger partial charge in [-0.1, -0.05) is 15.9 Å². The molecule has 1 rings (SSSR count). The lowest BCUT2D eigenvalue weighted by Gasteiger charge is -2.07. The zero-order valence-corrected chi connectivity index (χ0v) is 9.71. The normalized spacial score (nSPS) is 10.5. The van der Waals surface area contributed by atoms with Gasteiger partial charge in [0, 0.05) is 23.4 Å². The average Bonchev–Trinajstić information content (AvgIpc) is 2.15. The first kappa shape index (κ1) is 12.9. The van der Waals surface area contributed by atoms with E-state index < -0.39 is 6.61 Å². The maximum atomic E-state index is 11.9. The first-order valence-electron chi connectivity index (χ1n) is 4.41. The van der Waals surface area contributed by atoms with Gasteiger partial charge in [-0.3, -0.25) is 4.79 Å². The van der Waals surface area contributed by atoms with E-state index in [1.54, 1.807) is 0 Å². The van der Waals surface area contributed by atoms with E-state index in [1.165, 1.54) is 12.1 Å². The Morgan fingerprint density at radius 2 is 2.12 bits per heavy atom. The lowest BCUT2D eigenvalue weighted by molar-refractivity contribution is -0.0499. The Balaban J connectivity index is 2.93. The summed E-state index contributed by atoms with van der Waals surface area (Å²) in [6.07, 6.45) is 0.220. The van der Waals surface area contributed by atoms with Crippen LogP contribution in [-0.2, 0) is 0 Å². The zero-order chi connectivity index (χ0) is 12.1. The molecule has 6 heteroatoms. The maximum Gasteiger partial charge on any atom is 0.387 e. The van der Waals surface area contributed by atoms with Gasteiger partial charge in [-0.25, -0.2) is 0 Å². The molecule has 0 atom stereocenters. The van der Waals surface area contributed by atoms with Crippen molar-refractivity contribution >= 4 is 21.7 Å². The van der Waals surface area contributed by atoms with E-state index in [0.29, 0.717) is 5.33 Å². The van der Waals surface area contributed by atoms with Gasteiger partial charge in [-0.15, -0.1) is 0 Å². The predicted octanol–water partition coefficient (Wildman–Crippen LogP) is 2.96. The average molecular weight is 295 g/mol. The van der Waals surface area contributed by atoms with Crippen LogP contribution >= 0.6 is 15.9 Å². The van der Waals surface area contributed by atoms with Crippen LogP contribution in [0.25, 0.3) is 0 Å². The molecule has 0 aromatic heterocycles. The van der Waals surface area contributed by atoms with E-state index in [-0.39, 0.29) is 29.3 Å². The van der Waals surface area contributed by atoms with Crippen LogP contribution in [0.1, 0.15) is 16.8 Å². The number of hydrogen-bond donors (Lipinski definition) is 1. The molecule has 0 aliphatic heterocycles. The van der Waals surface area contributed by atoms with Gasteiger partial charge < -0.3 is 9.84 Å². The molecule has 1 aromatic carbocycles. The number of halogens is 3. The molecule has 1 N–H and O–H groups in total. The van der Waals surface area contributed by atoms with Crippen molar-refractivity contribution in [1.29, 1.82) is 0 Å². The fourth-order valence-corrected chi connectivity index (χ4v) is 1.51. The number of carbonyl (C=O) groups is 1. The standard InChI is InChI=1S/C10H9BrF2O3/c11-2-1-9(15)6-3-7(14)5-8(4-6)16-10(12)13/h3-5,10,14H,1-2H2. The fraction of sp³-hybridized carbons (Fsp3) is 0.300. The third kappa shape index (κ3) is 3.77.